The van der Waals surface area contributed by atoms with Crippen molar-refractivity contribution in [1.82, 2.24) is 0 Å². The van der Waals surface area contributed by atoms with Gasteiger partial charge in [0.1, 0.15) is 6.61 Å². The Morgan fingerprint density at radius 1 is 1.24 bits per heavy atom. The van der Waals surface area contributed by atoms with Gasteiger partial charge in [-0.1, -0.05) is 24.2 Å². The first-order chi connectivity index (χ1) is 16.3. The Labute approximate surface area is 198 Å². The zero-order chi connectivity index (χ0) is 24.0. The molecule has 0 saturated heterocycles. The largest absolute Gasteiger partial charge is 0.504 e. The summed E-state index contributed by atoms with van der Waals surface area (Å²) in [7, 11) is 1.55. The monoisotopic (exact) mass is 466 g/mol. The van der Waals surface area contributed by atoms with Gasteiger partial charge in [-0.3, -0.25) is 10.1 Å². The van der Waals surface area contributed by atoms with Crippen LogP contribution in [0.5, 0.6) is 11.5 Å². The number of hydrogen-bond acceptors (Lipinski definition) is 7. The summed E-state index contributed by atoms with van der Waals surface area (Å²) in [5.74, 6) is 1.51. The van der Waals surface area contributed by atoms with Crippen molar-refractivity contribution in [2.75, 3.05) is 7.11 Å². The maximum Gasteiger partial charge on any atom is 0.269 e. The number of hydrogen-bond donors (Lipinski definition) is 2. The molecule has 5 atom stereocenters. The summed E-state index contributed by atoms with van der Waals surface area (Å²) in [4.78, 5) is 16.3. The van der Waals surface area contributed by atoms with E-state index in [0.717, 1.165) is 42.5 Å². The fraction of sp³-hybridized carbons (Fsp3) is 0.500. The second-order valence-electron chi connectivity index (χ2n) is 10.1. The summed E-state index contributed by atoms with van der Waals surface area (Å²) >= 11 is 0. The van der Waals surface area contributed by atoms with Crippen LogP contribution in [-0.4, -0.2) is 34.1 Å². The Hall–Kier alpha value is -3.13. The van der Waals surface area contributed by atoms with Crippen LogP contribution in [0, 0.1) is 27.4 Å². The molecule has 8 nitrogen and oxygen atoms in total. The lowest BCUT2D eigenvalue weighted by Gasteiger charge is -2.50. The smallest absolute Gasteiger partial charge is 0.269 e. The molecule has 1 unspecified atom stereocenters. The number of methoxy groups -OCH3 is 1. The number of phenols is 1. The summed E-state index contributed by atoms with van der Waals surface area (Å²) in [5.41, 5.74) is 3.30. The molecule has 2 N–H and O–H groups in total. The number of nitro benzene ring substituents is 1. The average molecular weight is 467 g/mol. The van der Waals surface area contributed by atoms with Gasteiger partial charge in [0.2, 0.25) is 0 Å². The van der Waals surface area contributed by atoms with Gasteiger partial charge < -0.3 is 19.8 Å². The van der Waals surface area contributed by atoms with Crippen molar-refractivity contribution in [3.63, 3.8) is 0 Å². The van der Waals surface area contributed by atoms with Gasteiger partial charge in [-0.05, 0) is 78.5 Å². The van der Waals surface area contributed by atoms with Crippen molar-refractivity contribution in [3.05, 3.63) is 63.2 Å². The Morgan fingerprint density at radius 2 is 2.06 bits per heavy atom. The predicted octanol–water partition coefficient (Wildman–Crippen LogP) is 4.90. The minimum Gasteiger partial charge on any atom is -0.504 e. The fourth-order valence-electron chi connectivity index (χ4n) is 6.60. The molecule has 0 heterocycles. The van der Waals surface area contributed by atoms with Gasteiger partial charge in [0, 0.05) is 17.7 Å². The van der Waals surface area contributed by atoms with Crippen LogP contribution in [0.2, 0.25) is 0 Å². The van der Waals surface area contributed by atoms with Crippen LogP contribution in [-0.2, 0) is 11.4 Å². The Balaban J connectivity index is 1.48. The van der Waals surface area contributed by atoms with E-state index in [2.05, 4.69) is 12.1 Å². The molecule has 2 aromatic rings. The molecule has 0 spiro atoms. The number of aliphatic hydroxyl groups is 1. The maximum atomic E-state index is 11.1. The number of phenolic OH excluding ortho intramolecular Hbond substituents is 1. The van der Waals surface area contributed by atoms with Crippen LogP contribution in [0.1, 0.15) is 61.6 Å². The number of rotatable bonds is 5. The number of nitrogens with zero attached hydrogens (tertiary/aromatic N) is 2. The van der Waals surface area contributed by atoms with E-state index in [1.807, 2.05) is 6.07 Å². The topological polar surface area (TPSA) is 114 Å². The zero-order valence-electron chi connectivity index (χ0n) is 19.4. The van der Waals surface area contributed by atoms with Crippen molar-refractivity contribution in [1.29, 1.82) is 0 Å². The van der Waals surface area contributed by atoms with Crippen LogP contribution < -0.4 is 4.74 Å². The number of nitro groups is 1. The number of fused-ring (bicyclic) bond motifs is 5. The highest BCUT2D eigenvalue weighted by Crippen LogP contribution is 2.61. The van der Waals surface area contributed by atoms with Crippen molar-refractivity contribution in [2.24, 2.45) is 22.4 Å². The van der Waals surface area contributed by atoms with Gasteiger partial charge in [-0.25, -0.2) is 0 Å². The second kappa shape index (κ2) is 8.58. The molecular weight excluding hydrogens is 436 g/mol. The third-order valence-corrected chi connectivity index (χ3v) is 8.40. The molecule has 0 bridgehead atoms. The zero-order valence-corrected chi connectivity index (χ0v) is 19.4. The maximum absolute atomic E-state index is 11.1. The molecule has 0 aliphatic heterocycles. The highest BCUT2D eigenvalue weighted by Gasteiger charge is 2.55. The highest BCUT2D eigenvalue weighted by molar-refractivity contribution is 6.03. The number of benzene rings is 2. The molecule has 2 aromatic carbocycles. The first kappa shape index (κ1) is 22.7. The summed E-state index contributed by atoms with van der Waals surface area (Å²) < 4.78 is 5.40. The Bertz CT molecular complexity index is 1150. The Morgan fingerprint density at radius 3 is 2.82 bits per heavy atom. The van der Waals surface area contributed by atoms with Crippen LogP contribution in [0.3, 0.4) is 0 Å². The fourth-order valence-corrected chi connectivity index (χ4v) is 6.60. The molecule has 8 heteroatoms. The predicted molar refractivity (Wildman–Crippen MR) is 126 cm³/mol. The van der Waals surface area contributed by atoms with E-state index >= 15 is 0 Å². The molecule has 180 valence electrons. The van der Waals surface area contributed by atoms with Crippen LogP contribution in [0.25, 0.3) is 0 Å². The molecule has 2 saturated carbocycles. The quantitative estimate of drug-likeness (QED) is 0.478. The lowest BCUT2D eigenvalue weighted by atomic mass is 9.55. The van der Waals surface area contributed by atoms with E-state index in [1.165, 1.54) is 12.1 Å². The number of aliphatic hydroxyl groups excluding tert-OH is 1. The molecule has 34 heavy (non-hydrogen) atoms. The van der Waals surface area contributed by atoms with E-state index in [9.17, 15) is 20.3 Å². The van der Waals surface area contributed by atoms with Gasteiger partial charge in [-0.2, -0.15) is 0 Å². The van der Waals surface area contributed by atoms with E-state index in [4.69, 9.17) is 9.57 Å². The van der Waals surface area contributed by atoms with Gasteiger partial charge in [0.25, 0.3) is 5.69 Å². The summed E-state index contributed by atoms with van der Waals surface area (Å²) in [6, 6.07) is 9.94. The first-order valence-corrected chi connectivity index (χ1v) is 11.8. The van der Waals surface area contributed by atoms with Gasteiger partial charge in [0.15, 0.2) is 11.5 Å². The van der Waals surface area contributed by atoms with Crippen molar-refractivity contribution < 1.29 is 24.7 Å². The van der Waals surface area contributed by atoms with Crippen LogP contribution in [0.15, 0.2) is 41.6 Å². The lowest BCUT2D eigenvalue weighted by molar-refractivity contribution is -0.384. The normalized spacial score (nSPS) is 30.9. The number of oxime groups is 1. The average Bonchev–Trinajstić information content (AvgIpc) is 3.13. The van der Waals surface area contributed by atoms with Crippen molar-refractivity contribution >= 4 is 11.4 Å². The third-order valence-electron chi connectivity index (χ3n) is 8.40. The molecule has 3 aliphatic carbocycles. The van der Waals surface area contributed by atoms with Crippen molar-refractivity contribution in [2.45, 2.75) is 57.7 Å². The first-order valence-electron chi connectivity index (χ1n) is 11.8. The van der Waals surface area contributed by atoms with Gasteiger partial charge in [0.05, 0.1) is 23.8 Å². The number of ether oxygens (including phenoxy) is 1. The van der Waals surface area contributed by atoms with Crippen molar-refractivity contribution in [3.8, 4) is 11.5 Å². The van der Waals surface area contributed by atoms with E-state index in [1.54, 1.807) is 25.3 Å². The summed E-state index contributed by atoms with van der Waals surface area (Å²) in [5, 5.41) is 36.7. The molecular formula is C26H30N2O6. The molecule has 5 rings (SSSR count). The van der Waals surface area contributed by atoms with E-state index < -0.39 is 4.92 Å². The molecule has 0 amide bonds. The Kier molecular flexibility index (Phi) is 5.72. The van der Waals surface area contributed by atoms with E-state index in [-0.39, 0.29) is 29.6 Å². The molecule has 3 aliphatic rings. The summed E-state index contributed by atoms with van der Waals surface area (Å²) in [6.45, 7) is 2.32. The lowest BCUT2D eigenvalue weighted by Crippen LogP contribution is -2.45. The standard InChI is InChI=1S/C26H30N2O6/c1-26-9-8-17-18-13-24(33-2)23(29)12-20(18)22(11-19(17)21(26)6-7-25(26)30)27-34-14-15-4-3-5-16(10-15)28(31)32/h3-5,10,12-13,17,19,21,25,29-30H,6-9,11,14H2,1-2H3/t17-,19-,21+,25?,26+/m1/s1. The van der Waals surface area contributed by atoms with Crippen LogP contribution >= 0.6 is 0 Å². The third kappa shape index (κ3) is 3.70. The molecule has 0 aromatic heterocycles. The van der Waals surface area contributed by atoms with E-state index in [0.29, 0.717) is 35.5 Å². The minimum atomic E-state index is -0.431. The summed E-state index contributed by atoms with van der Waals surface area (Å²) in [6.07, 6.45) is 4.18. The molecule has 2 fully saturated rings. The number of non-ortho nitro benzene ring substituents is 1. The van der Waals surface area contributed by atoms with Gasteiger partial charge in [-0.15, -0.1) is 0 Å². The second-order valence-corrected chi connectivity index (χ2v) is 10.1. The highest BCUT2D eigenvalue weighted by atomic mass is 16.6. The van der Waals surface area contributed by atoms with Gasteiger partial charge >= 0.3 is 0 Å². The SMILES string of the molecule is COc1cc2c(cc1O)C(=NOCc1cccc([N+](=O)[O-])c1)C[C@@H]1[C@@H]2CC[C@]2(C)C(O)CC[C@@H]12. The minimum absolute atomic E-state index is 0.0120. The number of aromatic hydroxyl groups is 1. The van der Waals surface area contributed by atoms with Crippen LogP contribution in [0.4, 0.5) is 5.69 Å². The molecule has 0 radical (unpaired) electrons.